The quantitative estimate of drug-likeness (QED) is 0.589. The SMILES string of the molecule is CC1(C)CCCC1Nc1cc(NN)nc(C(F)(F)F)n1. The van der Waals surface area contributed by atoms with Crippen molar-refractivity contribution in [2.75, 3.05) is 10.7 Å². The summed E-state index contributed by atoms with van der Waals surface area (Å²) in [5.41, 5.74) is 2.16. The standard InChI is InChI=1S/C12H18F3N5/c1-11(2)5-3-4-7(11)17-8-6-9(20-16)19-10(18-8)12(13,14)15/h6-7H,3-5,16H2,1-2H3,(H2,17,18,19,20). The highest BCUT2D eigenvalue weighted by Crippen LogP contribution is 2.39. The number of anilines is 2. The number of hydrogen-bond acceptors (Lipinski definition) is 5. The summed E-state index contributed by atoms with van der Waals surface area (Å²) >= 11 is 0. The smallest absolute Gasteiger partial charge is 0.367 e. The van der Waals surface area contributed by atoms with E-state index in [0.29, 0.717) is 0 Å². The van der Waals surface area contributed by atoms with E-state index < -0.39 is 12.0 Å². The summed E-state index contributed by atoms with van der Waals surface area (Å²) in [6, 6.07) is 1.47. The van der Waals surface area contributed by atoms with E-state index in [1.807, 2.05) is 0 Å². The topological polar surface area (TPSA) is 75.9 Å². The Morgan fingerprint density at radius 3 is 2.45 bits per heavy atom. The average molecular weight is 289 g/mol. The second kappa shape index (κ2) is 5.08. The fraction of sp³-hybridized carbons (Fsp3) is 0.667. The highest BCUT2D eigenvalue weighted by molar-refractivity contribution is 5.48. The van der Waals surface area contributed by atoms with Crippen molar-refractivity contribution >= 4 is 11.6 Å². The van der Waals surface area contributed by atoms with E-state index in [0.717, 1.165) is 19.3 Å². The predicted molar refractivity (Wildman–Crippen MR) is 69.9 cm³/mol. The number of aromatic nitrogens is 2. The highest BCUT2D eigenvalue weighted by Gasteiger charge is 2.37. The summed E-state index contributed by atoms with van der Waals surface area (Å²) in [5, 5.41) is 3.07. The van der Waals surface area contributed by atoms with Crippen LogP contribution in [0.5, 0.6) is 0 Å². The van der Waals surface area contributed by atoms with Gasteiger partial charge in [-0.05, 0) is 18.3 Å². The van der Waals surface area contributed by atoms with Crippen LogP contribution in [0.15, 0.2) is 6.07 Å². The van der Waals surface area contributed by atoms with Gasteiger partial charge in [-0.15, -0.1) is 0 Å². The van der Waals surface area contributed by atoms with Crippen molar-refractivity contribution in [2.24, 2.45) is 11.3 Å². The highest BCUT2D eigenvalue weighted by atomic mass is 19.4. The van der Waals surface area contributed by atoms with Crippen molar-refractivity contribution in [3.63, 3.8) is 0 Å². The molecule has 1 fully saturated rings. The second-order valence-electron chi connectivity index (χ2n) is 5.68. The molecular weight excluding hydrogens is 271 g/mol. The largest absolute Gasteiger partial charge is 0.451 e. The Morgan fingerprint density at radius 2 is 1.95 bits per heavy atom. The average Bonchev–Trinajstić information content (AvgIpc) is 2.67. The molecule has 0 aromatic carbocycles. The van der Waals surface area contributed by atoms with E-state index >= 15 is 0 Å². The molecule has 1 heterocycles. The summed E-state index contributed by atoms with van der Waals surface area (Å²) in [6.45, 7) is 4.18. The maximum atomic E-state index is 12.7. The van der Waals surface area contributed by atoms with Gasteiger partial charge in [-0.25, -0.2) is 15.8 Å². The summed E-state index contributed by atoms with van der Waals surface area (Å²) in [5.74, 6) is 4.03. The van der Waals surface area contributed by atoms with E-state index in [2.05, 4.69) is 34.6 Å². The van der Waals surface area contributed by atoms with Crippen LogP contribution in [-0.2, 0) is 6.18 Å². The van der Waals surface area contributed by atoms with E-state index in [9.17, 15) is 13.2 Å². The fourth-order valence-electron chi connectivity index (χ4n) is 2.49. The van der Waals surface area contributed by atoms with Gasteiger partial charge in [-0.2, -0.15) is 13.2 Å². The van der Waals surface area contributed by atoms with Crippen LogP contribution >= 0.6 is 0 Å². The third kappa shape index (κ3) is 3.12. The number of nitrogen functional groups attached to an aromatic ring is 1. The lowest BCUT2D eigenvalue weighted by atomic mass is 9.87. The summed E-state index contributed by atoms with van der Waals surface area (Å²) in [6.07, 6.45) is -1.62. The van der Waals surface area contributed by atoms with Gasteiger partial charge in [-0.1, -0.05) is 20.3 Å². The van der Waals surface area contributed by atoms with E-state index in [1.165, 1.54) is 6.07 Å². The molecule has 112 valence electrons. The van der Waals surface area contributed by atoms with Crippen molar-refractivity contribution in [3.8, 4) is 0 Å². The van der Waals surface area contributed by atoms with Gasteiger partial charge in [0.25, 0.3) is 0 Å². The van der Waals surface area contributed by atoms with Crippen molar-refractivity contribution in [1.29, 1.82) is 0 Å². The van der Waals surface area contributed by atoms with Crippen molar-refractivity contribution in [3.05, 3.63) is 11.9 Å². The lowest BCUT2D eigenvalue weighted by Gasteiger charge is -2.28. The molecule has 0 radical (unpaired) electrons. The van der Waals surface area contributed by atoms with Crippen LogP contribution in [0.1, 0.15) is 38.9 Å². The van der Waals surface area contributed by atoms with Gasteiger partial charge in [0.15, 0.2) is 0 Å². The van der Waals surface area contributed by atoms with Gasteiger partial charge in [0.2, 0.25) is 5.82 Å². The monoisotopic (exact) mass is 289 g/mol. The maximum Gasteiger partial charge on any atom is 0.451 e. The summed E-state index contributed by atoms with van der Waals surface area (Å²) < 4.78 is 38.2. The number of nitrogens with two attached hydrogens (primary N) is 1. The first-order valence-electron chi connectivity index (χ1n) is 6.42. The predicted octanol–water partition coefficient (Wildman–Crippen LogP) is 2.77. The molecule has 1 saturated carbocycles. The molecule has 0 bridgehead atoms. The minimum Gasteiger partial charge on any atom is -0.367 e. The zero-order valence-electron chi connectivity index (χ0n) is 11.4. The molecule has 1 aliphatic rings. The number of nitrogens with one attached hydrogen (secondary N) is 2. The zero-order valence-corrected chi connectivity index (χ0v) is 11.4. The Balaban J connectivity index is 2.27. The summed E-state index contributed by atoms with van der Waals surface area (Å²) in [7, 11) is 0. The van der Waals surface area contributed by atoms with Crippen molar-refractivity contribution < 1.29 is 13.2 Å². The third-order valence-corrected chi connectivity index (χ3v) is 3.71. The van der Waals surface area contributed by atoms with E-state index in [1.54, 1.807) is 0 Å². The molecule has 1 aromatic heterocycles. The third-order valence-electron chi connectivity index (χ3n) is 3.71. The molecule has 0 aliphatic heterocycles. The van der Waals surface area contributed by atoms with Gasteiger partial charge < -0.3 is 10.7 Å². The van der Waals surface area contributed by atoms with Crippen LogP contribution in [0.2, 0.25) is 0 Å². The lowest BCUT2D eigenvalue weighted by Crippen LogP contribution is -2.31. The van der Waals surface area contributed by atoms with Gasteiger partial charge in [0.05, 0.1) is 0 Å². The molecule has 0 amide bonds. The van der Waals surface area contributed by atoms with E-state index in [-0.39, 0.29) is 23.1 Å². The number of hydrazine groups is 1. The Kier molecular flexibility index (Phi) is 3.77. The lowest BCUT2D eigenvalue weighted by molar-refractivity contribution is -0.144. The minimum absolute atomic E-state index is 0.0274. The molecule has 20 heavy (non-hydrogen) atoms. The van der Waals surface area contributed by atoms with E-state index in [4.69, 9.17) is 5.84 Å². The van der Waals surface area contributed by atoms with Crippen molar-refractivity contribution in [1.82, 2.24) is 9.97 Å². The van der Waals surface area contributed by atoms with Crippen LogP contribution in [0.4, 0.5) is 24.8 Å². The number of hydrogen-bond donors (Lipinski definition) is 3. The van der Waals surface area contributed by atoms with Crippen LogP contribution in [0.25, 0.3) is 0 Å². The van der Waals surface area contributed by atoms with Crippen LogP contribution in [-0.4, -0.2) is 16.0 Å². The van der Waals surface area contributed by atoms with Gasteiger partial charge in [0, 0.05) is 12.1 Å². The molecule has 5 nitrogen and oxygen atoms in total. The first kappa shape index (κ1) is 14.8. The zero-order chi connectivity index (χ0) is 15.0. The molecule has 0 saturated heterocycles. The Hall–Kier alpha value is -1.57. The number of halogens is 3. The van der Waals surface area contributed by atoms with Crippen LogP contribution < -0.4 is 16.6 Å². The minimum atomic E-state index is -4.60. The van der Waals surface area contributed by atoms with Crippen LogP contribution in [0, 0.1) is 5.41 Å². The molecule has 2 rings (SSSR count). The summed E-state index contributed by atoms with van der Waals surface area (Å²) in [4.78, 5) is 6.86. The molecular formula is C12H18F3N5. The number of alkyl halides is 3. The molecule has 0 spiro atoms. The molecule has 4 N–H and O–H groups in total. The molecule has 1 aromatic rings. The number of rotatable bonds is 3. The fourth-order valence-corrected chi connectivity index (χ4v) is 2.49. The van der Waals surface area contributed by atoms with Gasteiger partial charge >= 0.3 is 6.18 Å². The Morgan fingerprint density at radius 1 is 1.30 bits per heavy atom. The van der Waals surface area contributed by atoms with Crippen LogP contribution in [0.3, 0.4) is 0 Å². The Labute approximate surface area is 115 Å². The maximum absolute atomic E-state index is 12.7. The first-order chi connectivity index (χ1) is 9.22. The second-order valence-corrected chi connectivity index (χ2v) is 5.68. The first-order valence-corrected chi connectivity index (χ1v) is 6.42. The normalized spacial score (nSPS) is 21.8. The molecule has 1 unspecified atom stereocenters. The Bertz CT molecular complexity index is 486. The van der Waals surface area contributed by atoms with Crippen molar-refractivity contribution in [2.45, 2.75) is 45.3 Å². The molecule has 8 heteroatoms. The van der Waals surface area contributed by atoms with Gasteiger partial charge in [-0.3, -0.25) is 0 Å². The molecule has 1 aliphatic carbocycles. The number of nitrogens with zero attached hydrogens (tertiary/aromatic N) is 2. The van der Waals surface area contributed by atoms with Gasteiger partial charge in [0.1, 0.15) is 11.6 Å². The molecule has 1 atom stereocenters.